The van der Waals surface area contributed by atoms with Gasteiger partial charge in [0.05, 0.1) is 13.2 Å². The van der Waals surface area contributed by atoms with Gasteiger partial charge >= 0.3 is 0 Å². The van der Waals surface area contributed by atoms with Crippen LogP contribution in [0.2, 0.25) is 0 Å². The quantitative estimate of drug-likeness (QED) is 0.586. The summed E-state index contributed by atoms with van der Waals surface area (Å²) < 4.78 is 11.0. The molecule has 2 heterocycles. The van der Waals surface area contributed by atoms with Crippen LogP contribution in [0.5, 0.6) is 5.75 Å². The van der Waals surface area contributed by atoms with Crippen molar-refractivity contribution in [1.29, 1.82) is 0 Å². The van der Waals surface area contributed by atoms with Crippen LogP contribution in [-0.2, 0) is 0 Å². The standard InChI is InChI=1S/C25H30N4O3/c1-3-28-13-15-29(16-14-28)22(20-11-7-8-12-23(20)31-2)18-26-25(30)21-17-24(32-27-21)19-9-5-4-6-10-19/h4-12,17,22H,3,13-16,18H2,1-2H3,(H,26,30)/t22-/m1/s1. The van der Waals surface area contributed by atoms with Crippen LogP contribution in [0, 0.1) is 0 Å². The zero-order chi connectivity index (χ0) is 22.3. The fourth-order valence-electron chi connectivity index (χ4n) is 4.17. The highest BCUT2D eigenvalue weighted by Gasteiger charge is 2.27. The van der Waals surface area contributed by atoms with Crippen molar-refractivity contribution in [3.63, 3.8) is 0 Å². The van der Waals surface area contributed by atoms with Gasteiger partial charge in [-0.25, -0.2) is 0 Å². The first-order chi connectivity index (χ1) is 15.7. The van der Waals surface area contributed by atoms with Crippen LogP contribution in [0.1, 0.15) is 29.0 Å². The third kappa shape index (κ3) is 5.00. The van der Waals surface area contributed by atoms with Gasteiger partial charge in [0.2, 0.25) is 0 Å². The van der Waals surface area contributed by atoms with Crippen LogP contribution >= 0.6 is 0 Å². The number of benzene rings is 2. The van der Waals surface area contributed by atoms with Gasteiger partial charge in [0.15, 0.2) is 11.5 Å². The summed E-state index contributed by atoms with van der Waals surface area (Å²) in [7, 11) is 1.68. The molecule has 7 heteroatoms. The van der Waals surface area contributed by atoms with Crippen molar-refractivity contribution in [3.05, 3.63) is 71.9 Å². The summed E-state index contributed by atoms with van der Waals surface area (Å²) in [6.07, 6.45) is 0. The molecule has 1 aliphatic rings. The van der Waals surface area contributed by atoms with E-state index in [0.717, 1.165) is 49.6 Å². The van der Waals surface area contributed by atoms with Gasteiger partial charge in [0.25, 0.3) is 5.91 Å². The number of rotatable bonds is 8. The van der Waals surface area contributed by atoms with Crippen molar-refractivity contribution in [2.24, 2.45) is 0 Å². The lowest BCUT2D eigenvalue weighted by Gasteiger charge is -2.39. The number of methoxy groups -OCH3 is 1. The van der Waals surface area contributed by atoms with E-state index < -0.39 is 0 Å². The molecule has 0 unspecified atom stereocenters. The molecule has 3 aromatic rings. The highest BCUT2D eigenvalue weighted by molar-refractivity contribution is 5.93. The number of carbonyl (C=O) groups is 1. The molecule has 1 fully saturated rings. The Hall–Kier alpha value is -3.16. The minimum atomic E-state index is -0.247. The minimum absolute atomic E-state index is 0.00889. The molecule has 0 bridgehead atoms. The number of hydrogen-bond donors (Lipinski definition) is 1. The van der Waals surface area contributed by atoms with E-state index >= 15 is 0 Å². The van der Waals surface area contributed by atoms with Crippen LogP contribution in [0.25, 0.3) is 11.3 Å². The van der Waals surface area contributed by atoms with Crippen molar-refractivity contribution in [2.75, 3.05) is 46.4 Å². The van der Waals surface area contributed by atoms with Crippen LogP contribution < -0.4 is 10.1 Å². The van der Waals surface area contributed by atoms with Crippen molar-refractivity contribution in [1.82, 2.24) is 20.3 Å². The van der Waals surface area contributed by atoms with Gasteiger partial charge in [-0.2, -0.15) is 0 Å². The molecule has 1 N–H and O–H groups in total. The maximum Gasteiger partial charge on any atom is 0.273 e. The normalized spacial score (nSPS) is 15.9. The minimum Gasteiger partial charge on any atom is -0.496 e. The Balaban J connectivity index is 1.49. The molecule has 1 aromatic heterocycles. The molecule has 0 radical (unpaired) electrons. The average Bonchev–Trinajstić information content (AvgIpc) is 3.36. The van der Waals surface area contributed by atoms with Gasteiger partial charge in [-0.1, -0.05) is 60.6 Å². The Labute approximate surface area is 188 Å². The Morgan fingerprint density at radius 2 is 1.81 bits per heavy atom. The first kappa shape index (κ1) is 22.0. The number of hydrogen-bond acceptors (Lipinski definition) is 6. The molecule has 4 rings (SSSR count). The Morgan fingerprint density at radius 3 is 2.53 bits per heavy atom. The van der Waals surface area contributed by atoms with E-state index in [2.05, 4.69) is 33.3 Å². The van der Waals surface area contributed by atoms with E-state index in [1.807, 2.05) is 48.5 Å². The molecule has 168 valence electrons. The van der Waals surface area contributed by atoms with Gasteiger partial charge in [-0.3, -0.25) is 9.69 Å². The van der Waals surface area contributed by atoms with E-state index in [0.29, 0.717) is 12.3 Å². The molecule has 1 atom stereocenters. The van der Waals surface area contributed by atoms with Gasteiger partial charge in [-0.15, -0.1) is 0 Å². The molecule has 0 spiro atoms. The van der Waals surface area contributed by atoms with Gasteiger partial charge in [-0.05, 0) is 12.6 Å². The predicted molar refractivity (Wildman–Crippen MR) is 124 cm³/mol. The lowest BCUT2D eigenvalue weighted by Crippen LogP contribution is -2.49. The summed E-state index contributed by atoms with van der Waals surface area (Å²) in [6, 6.07) is 19.4. The molecule has 0 saturated carbocycles. The molecule has 7 nitrogen and oxygen atoms in total. The third-order valence-corrected chi connectivity index (χ3v) is 6.05. The zero-order valence-electron chi connectivity index (χ0n) is 18.7. The largest absolute Gasteiger partial charge is 0.496 e. The second-order valence-electron chi connectivity index (χ2n) is 7.88. The number of para-hydroxylation sites is 1. The first-order valence-corrected chi connectivity index (χ1v) is 11.1. The number of nitrogens with zero attached hydrogens (tertiary/aromatic N) is 3. The summed E-state index contributed by atoms with van der Waals surface area (Å²) in [6.45, 7) is 7.61. The molecule has 32 heavy (non-hydrogen) atoms. The molecule has 1 aliphatic heterocycles. The van der Waals surface area contributed by atoms with Crippen LogP contribution in [0.15, 0.2) is 65.2 Å². The molecule has 1 amide bonds. The van der Waals surface area contributed by atoms with Gasteiger partial charge in [0.1, 0.15) is 5.75 Å². The SMILES string of the molecule is CCN1CCN([C@H](CNC(=O)c2cc(-c3ccccc3)on2)c2ccccc2OC)CC1. The van der Waals surface area contributed by atoms with E-state index in [4.69, 9.17) is 9.26 Å². The van der Waals surface area contributed by atoms with Crippen molar-refractivity contribution in [2.45, 2.75) is 13.0 Å². The Kier molecular flexibility index (Phi) is 7.19. The van der Waals surface area contributed by atoms with Crippen molar-refractivity contribution >= 4 is 5.91 Å². The number of nitrogens with one attached hydrogen (secondary N) is 1. The fraction of sp³-hybridized carbons (Fsp3) is 0.360. The second kappa shape index (κ2) is 10.4. The average molecular weight is 435 g/mol. The first-order valence-electron chi connectivity index (χ1n) is 11.1. The zero-order valence-corrected chi connectivity index (χ0v) is 18.7. The van der Waals surface area contributed by atoms with Gasteiger partial charge < -0.3 is 19.5 Å². The number of aromatic nitrogens is 1. The molecular weight excluding hydrogens is 404 g/mol. The highest BCUT2D eigenvalue weighted by atomic mass is 16.5. The van der Waals surface area contributed by atoms with E-state index in [9.17, 15) is 4.79 Å². The molecular formula is C25H30N4O3. The second-order valence-corrected chi connectivity index (χ2v) is 7.88. The summed E-state index contributed by atoms with van der Waals surface area (Å²) in [5.41, 5.74) is 2.24. The summed E-state index contributed by atoms with van der Waals surface area (Å²) in [4.78, 5) is 17.7. The van der Waals surface area contributed by atoms with Crippen LogP contribution in [-0.4, -0.2) is 67.2 Å². The lowest BCUT2D eigenvalue weighted by molar-refractivity contribution is 0.0844. The smallest absolute Gasteiger partial charge is 0.273 e. The monoisotopic (exact) mass is 434 g/mol. The van der Waals surface area contributed by atoms with E-state index in [-0.39, 0.29) is 17.6 Å². The Bertz CT molecular complexity index is 1010. The number of ether oxygens (including phenoxy) is 1. The fourth-order valence-corrected chi connectivity index (χ4v) is 4.17. The van der Waals surface area contributed by atoms with E-state index in [1.54, 1.807) is 13.2 Å². The van der Waals surface area contributed by atoms with Crippen LogP contribution in [0.3, 0.4) is 0 Å². The van der Waals surface area contributed by atoms with Crippen LogP contribution in [0.4, 0.5) is 0 Å². The van der Waals surface area contributed by atoms with E-state index in [1.165, 1.54) is 0 Å². The number of likely N-dealkylation sites (N-methyl/N-ethyl adjacent to an activating group) is 1. The number of amides is 1. The van der Waals surface area contributed by atoms with Gasteiger partial charge in [0, 0.05) is 49.9 Å². The third-order valence-electron chi connectivity index (χ3n) is 6.05. The molecule has 0 aliphatic carbocycles. The summed E-state index contributed by atoms with van der Waals surface area (Å²) >= 11 is 0. The maximum atomic E-state index is 12.9. The number of piperazine rings is 1. The lowest BCUT2D eigenvalue weighted by atomic mass is 10.0. The predicted octanol–water partition coefficient (Wildman–Crippen LogP) is 3.46. The molecule has 1 saturated heterocycles. The highest BCUT2D eigenvalue weighted by Crippen LogP contribution is 2.30. The van der Waals surface area contributed by atoms with Crippen molar-refractivity contribution in [3.8, 4) is 17.1 Å². The summed E-state index contributed by atoms with van der Waals surface area (Å²) in [5, 5.41) is 7.04. The van der Waals surface area contributed by atoms with Crippen molar-refractivity contribution < 1.29 is 14.1 Å². The number of carbonyl (C=O) groups excluding carboxylic acids is 1. The Morgan fingerprint density at radius 1 is 1.09 bits per heavy atom. The topological polar surface area (TPSA) is 70.8 Å². The maximum absolute atomic E-state index is 12.9. The molecule has 2 aromatic carbocycles. The summed E-state index contributed by atoms with van der Waals surface area (Å²) in [5.74, 6) is 1.16.